The third-order valence-corrected chi connectivity index (χ3v) is 9.08. The predicted molar refractivity (Wildman–Crippen MR) is 212 cm³/mol. The van der Waals surface area contributed by atoms with Crippen molar-refractivity contribution in [1.29, 1.82) is 0 Å². The second-order valence-electron chi connectivity index (χ2n) is 12.3. The van der Waals surface area contributed by atoms with Gasteiger partial charge < -0.3 is 9.80 Å². The SMILES string of the molecule is c1ccc(-c2ccc(N(c3ccc(-c4ccccc4)cc3)c3ccc(-c4ccc(N(c5ccccc5)c5ccccc5)cc4)cc3)cc2)cc1. The van der Waals surface area contributed by atoms with E-state index in [1.54, 1.807) is 0 Å². The summed E-state index contributed by atoms with van der Waals surface area (Å²) in [5, 5.41) is 0. The summed E-state index contributed by atoms with van der Waals surface area (Å²) in [7, 11) is 0. The largest absolute Gasteiger partial charge is 0.311 e. The van der Waals surface area contributed by atoms with Gasteiger partial charge in [-0.15, -0.1) is 0 Å². The molecule has 0 radical (unpaired) electrons. The highest BCUT2D eigenvalue weighted by Gasteiger charge is 2.15. The fourth-order valence-corrected chi connectivity index (χ4v) is 6.52. The molecule has 8 aromatic rings. The molecule has 8 rings (SSSR count). The molecule has 0 saturated carbocycles. The second-order valence-corrected chi connectivity index (χ2v) is 12.3. The van der Waals surface area contributed by atoms with Crippen LogP contribution in [0.1, 0.15) is 0 Å². The van der Waals surface area contributed by atoms with Gasteiger partial charge >= 0.3 is 0 Å². The number of nitrogens with zero attached hydrogens (tertiary/aromatic N) is 2. The lowest BCUT2D eigenvalue weighted by Crippen LogP contribution is -2.10. The fraction of sp³-hybridized carbons (Fsp3) is 0. The standard InChI is InChI=1S/C48H36N2/c1-5-13-37(14-6-1)39-21-29-46(30-22-39)50(47-31-23-40(24-32-47)38-15-7-2-8-16-38)48-35-27-42(28-36-48)41-25-33-45(34-26-41)49(43-17-9-3-10-18-43)44-19-11-4-12-20-44/h1-36H. The van der Waals surface area contributed by atoms with E-state index < -0.39 is 0 Å². The molecule has 0 unspecified atom stereocenters. The Hall–Kier alpha value is -6.64. The van der Waals surface area contributed by atoms with Crippen LogP contribution in [0.4, 0.5) is 34.1 Å². The van der Waals surface area contributed by atoms with Crippen LogP contribution in [0, 0.1) is 0 Å². The van der Waals surface area contributed by atoms with Gasteiger partial charge in [-0.2, -0.15) is 0 Å². The number of hydrogen-bond acceptors (Lipinski definition) is 2. The number of benzene rings is 8. The van der Waals surface area contributed by atoms with Crippen molar-refractivity contribution in [2.45, 2.75) is 0 Å². The molecule has 2 nitrogen and oxygen atoms in total. The van der Waals surface area contributed by atoms with Gasteiger partial charge in [0, 0.05) is 34.1 Å². The van der Waals surface area contributed by atoms with Crippen LogP contribution in [-0.2, 0) is 0 Å². The van der Waals surface area contributed by atoms with Crippen molar-refractivity contribution < 1.29 is 0 Å². The minimum atomic E-state index is 1.10. The first-order valence-electron chi connectivity index (χ1n) is 17.0. The van der Waals surface area contributed by atoms with Crippen LogP contribution in [0.5, 0.6) is 0 Å². The molecule has 0 bridgehead atoms. The Labute approximate surface area is 294 Å². The quantitative estimate of drug-likeness (QED) is 0.155. The van der Waals surface area contributed by atoms with E-state index in [0.29, 0.717) is 0 Å². The first kappa shape index (κ1) is 30.7. The van der Waals surface area contributed by atoms with Gasteiger partial charge in [0.25, 0.3) is 0 Å². The Balaban J connectivity index is 1.11. The maximum atomic E-state index is 2.33. The molecule has 0 saturated heterocycles. The summed E-state index contributed by atoms with van der Waals surface area (Å²) < 4.78 is 0. The molecule has 0 N–H and O–H groups in total. The Morgan fingerprint density at radius 1 is 0.160 bits per heavy atom. The first-order valence-corrected chi connectivity index (χ1v) is 17.0. The van der Waals surface area contributed by atoms with E-state index >= 15 is 0 Å². The van der Waals surface area contributed by atoms with Gasteiger partial charge in [0.2, 0.25) is 0 Å². The molecular formula is C48H36N2. The summed E-state index contributed by atoms with van der Waals surface area (Å²) in [5.74, 6) is 0. The summed E-state index contributed by atoms with van der Waals surface area (Å²) in [6.45, 7) is 0. The molecule has 0 aliphatic rings. The zero-order chi connectivity index (χ0) is 33.5. The Morgan fingerprint density at radius 2 is 0.340 bits per heavy atom. The minimum Gasteiger partial charge on any atom is -0.311 e. The van der Waals surface area contributed by atoms with E-state index in [9.17, 15) is 0 Å². The molecule has 238 valence electrons. The molecule has 0 amide bonds. The molecule has 8 aromatic carbocycles. The van der Waals surface area contributed by atoms with Gasteiger partial charge in [0.1, 0.15) is 0 Å². The maximum absolute atomic E-state index is 2.33. The molecule has 2 heteroatoms. The topological polar surface area (TPSA) is 6.48 Å². The molecule has 0 spiro atoms. The van der Waals surface area contributed by atoms with Gasteiger partial charge in [0.15, 0.2) is 0 Å². The van der Waals surface area contributed by atoms with E-state index in [1.165, 1.54) is 33.4 Å². The van der Waals surface area contributed by atoms with Crippen LogP contribution in [-0.4, -0.2) is 0 Å². The molecule has 0 atom stereocenters. The van der Waals surface area contributed by atoms with Crippen molar-refractivity contribution in [2.24, 2.45) is 0 Å². The van der Waals surface area contributed by atoms with Crippen LogP contribution < -0.4 is 9.80 Å². The zero-order valence-electron chi connectivity index (χ0n) is 27.7. The van der Waals surface area contributed by atoms with Crippen LogP contribution in [0.3, 0.4) is 0 Å². The van der Waals surface area contributed by atoms with Crippen molar-refractivity contribution in [3.8, 4) is 33.4 Å². The van der Waals surface area contributed by atoms with E-state index in [1.807, 2.05) is 0 Å². The van der Waals surface area contributed by atoms with Crippen molar-refractivity contribution in [3.63, 3.8) is 0 Å². The lowest BCUT2D eigenvalue weighted by atomic mass is 10.0. The molecule has 0 fully saturated rings. The molecule has 0 aromatic heterocycles. The third-order valence-electron chi connectivity index (χ3n) is 9.08. The van der Waals surface area contributed by atoms with Gasteiger partial charge in [-0.05, 0) is 106 Å². The van der Waals surface area contributed by atoms with E-state index in [4.69, 9.17) is 0 Å². The fourth-order valence-electron chi connectivity index (χ4n) is 6.52. The highest BCUT2D eigenvalue weighted by atomic mass is 15.1. The predicted octanol–water partition coefficient (Wildman–Crippen LogP) is 13.6. The number of para-hydroxylation sites is 2. The molecule has 50 heavy (non-hydrogen) atoms. The Bertz CT molecular complexity index is 2130. The molecule has 0 aliphatic heterocycles. The summed E-state index contributed by atoms with van der Waals surface area (Å²) >= 11 is 0. The van der Waals surface area contributed by atoms with E-state index in [2.05, 4.69) is 228 Å². The smallest absolute Gasteiger partial charge is 0.0462 e. The number of hydrogen-bond donors (Lipinski definition) is 0. The van der Waals surface area contributed by atoms with Crippen LogP contribution in [0.15, 0.2) is 218 Å². The summed E-state index contributed by atoms with van der Waals surface area (Å²) in [4.78, 5) is 4.62. The molecule has 0 heterocycles. The van der Waals surface area contributed by atoms with Gasteiger partial charge in [-0.1, -0.05) is 146 Å². The van der Waals surface area contributed by atoms with Crippen LogP contribution in [0.2, 0.25) is 0 Å². The lowest BCUT2D eigenvalue weighted by molar-refractivity contribution is 1.28. The van der Waals surface area contributed by atoms with Crippen LogP contribution >= 0.6 is 0 Å². The van der Waals surface area contributed by atoms with Crippen molar-refractivity contribution in [1.82, 2.24) is 0 Å². The first-order chi connectivity index (χ1) is 24.8. The van der Waals surface area contributed by atoms with Gasteiger partial charge in [0.05, 0.1) is 0 Å². The highest BCUT2D eigenvalue weighted by molar-refractivity contribution is 5.82. The van der Waals surface area contributed by atoms with Crippen molar-refractivity contribution >= 4 is 34.1 Å². The summed E-state index contributed by atoms with van der Waals surface area (Å²) in [6.07, 6.45) is 0. The highest BCUT2D eigenvalue weighted by Crippen LogP contribution is 2.39. The summed E-state index contributed by atoms with van der Waals surface area (Å²) in [5.41, 5.74) is 13.9. The zero-order valence-corrected chi connectivity index (χ0v) is 27.7. The average Bonchev–Trinajstić information content (AvgIpc) is 3.21. The Kier molecular flexibility index (Phi) is 8.73. The van der Waals surface area contributed by atoms with Gasteiger partial charge in [-0.3, -0.25) is 0 Å². The van der Waals surface area contributed by atoms with Gasteiger partial charge in [-0.25, -0.2) is 0 Å². The van der Waals surface area contributed by atoms with Crippen LogP contribution in [0.25, 0.3) is 33.4 Å². The Morgan fingerprint density at radius 3 is 0.580 bits per heavy atom. The number of anilines is 6. The van der Waals surface area contributed by atoms with E-state index in [-0.39, 0.29) is 0 Å². The summed E-state index contributed by atoms with van der Waals surface area (Å²) in [6, 6.07) is 77.5. The van der Waals surface area contributed by atoms with Crippen molar-refractivity contribution in [2.75, 3.05) is 9.80 Å². The van der Waals surface area contributed by atoms with Crippen molar-refractivity contribution in [3.05, 3.63) is 218 Å². The lowest BCUT2D eigenvalue weighted by Gasteiger charge is -2.26. The second kappa shape index (κ2) is 14.2. The molecular weight excluding hydrogens is 605 g/mol. The third kappa shape index (κ3) is 6.56. The minimum absolute atomic E-state index is 1.10. The maximum Gasteiger partial charge on any atom is 0.0462 e. The van der Waals surface area contributed by atoms with E-state index in [0.717, 1.165) is 34.1 Å². The number of rotatable bonds is 9. The monoisotopic (exact) mass is 640 g/mol. The average molecular weight is 641 g/mol. The normalized spacial score (nSPS) is 10.8. The molecule has 0 aliphatic carbocycles.